The molecule has 0 radical (unpaired) electrons. The number of carboxylic acid groups (broad SMARTS) is 1. The van der Waals surface area contributed by atoms with Crippen molar-refractivity contribution in [3.8, 4) is 22.8 Å². The summed E-state index contributed by atoms with van der Waals surface area (Å²) < 4.78 is 11.8. The molecule has 0 spiro atoms. The lowest BCUT2D eigenvalue weighted by atomic mass is 9.96. The first-order valence-electron chi connectivity index (χ1n) is 11.8. The SMILES string of the molecule is O=C(O)N1CC(Nc2ccc3c(c2)Cc2cccc(-c4cc(N5CCOCC5)cc(=O)[nH]4)c2O3)C1. The molecule has 3 aromatic rings. The molecular weight excluding hydrogens is 448 g/mol. The molecule has 9 nitrogen and oxygen atoms in total. The molecule has 2 aromatic carbocycles. The number of pyridine rings is 1. The molecule has 2 fully saturated rings. The first kappa shape index (κ1) is 21.5. The van der Waals surface area contributed by atoms with E-state index in [-0.39, 0.29) is 11.6 Å². The summed E-state index contributed by atoms with van der Waals surface area (Å²) in [5, 5.41) is 12.4. The van der Waals surface area contributed by atoms with Gasteiger partial charge in [-0.15, -0.1) is 0 Å². The van der Waals surface area contributed by atoms with Gasteiger partial charge in [-0.2, -0.15) is 0 Å². The third-order valence-electron chi connectivity index (χ3n) is 6.77. The second-order valence-electron chi connectivity index (χ2n) is 9.14. The van der Waals surface area contributed by atoms with E-state index in [9.17, 15) is 9.59 Å². The number of amides is 1. The lowest BCUT2D eigenvalue weighted by Crippen LogP contribution is -2.56. The minimum Gasteiger partial charge on any atom is -0.465 e. The Morgan fingerprint density at radius 3 is 2.69 bits per heavy atom. The van der Waals surface area contributed by atoms with E-state index in [1.165, 1.54) is 4.90 Å². The molecule has 0 aliphatic carbocycles. The number of para-hydroxylation sites is 1. The minimum absolute atomic E-state index is 0.114. The summed E-state index contributed by atoms with van der Waals surface area (Å²) in [5.41, 5.74) is 5.37. The maximum atomic E-state index is 12.5. The van der Waals surface area contributed by atoms with Gasteiger partial charge in [-0.1, -0.05) is 12.1 Å². The number of anilines is 2. The van der Waals surface area contributed by atoms with Crippen molar-refractivity contribution in [1.29, 1.82) is 0 Å². The van der Waals surface area contributed by atoms with Crippen molar-refractivity contribution in [2.45, 2.75) is 12.5 Å². The highest BCUT2D eigenvalue weighted by molar-refractivity contribution is 5.74. The number of benzene rings is 2. The van der Waals surface area contributed by atoms with Crippen LogP contribution in [0.3, 0.4) is 0 Å². The molecule has 4 heterocycles. The average Bonchev–Trinajstić information content (AvgIpc) is 2.84. The minimum atomic E-state index is -0.883. The fraction of sp³-hybridized carbons (Fsp3) is 0.308. The van der Waals surface area contributed by atoms with E-state index in [1.54, 1.807) is 6.07 Å². The van der Waals surface area contributed by atoms with Crippen molar-refractivity contribution in [2.24, 2.45) is 0 Å². The van der Waals surface area contributed by atoms with Gasteiger partial charge in [-0.05, 0) is 35.9 Å². The van der Waals surface area contributed by atoms with Crippen LogP contribution in [0, 0.1) is 0 Å². The Labute approximate surface area is 201 Å². The number of morpholine rings is 1. The van der Waals surface area contributed by atoms with Gasteiger partial charge in [0.05, 0.1) is 24.9 Å². The maximum Gasteiger partial charge on any atom is 0.407 e. The van der Waals surface area contributed by atoms with Gasteiger partial charge >= 0.3 is 6.09 Å². The highest BCUT2D eigenvalue weighted by atomic mass is 16.5. The first-order valence-corrected chi connectivity index (χ1v) is 11.8. The lowest BCUT2D eigenvalue weighted by molar-refractivity contribution is 0.111. The zero-order chi connectivity index (χ0) is 23.9. The van der Waals surface area contributed by atoms with Crippen LogP contribution in [0.2, 0.25) is 0 Å². The van der Waals surface area contributed by atoms with Crippen LogP contribution in [0.15, 0.2) is 53.3 Å². The third kappa shape index (κ3) is 4.19. The second-order valence-corrected chi connectivity index (χ2v) is 9.14. The summed E-state index contributed by atoms with van der Waals surface area (Å²) in [6.45, 7) is 3.78. The van der Waals surface area contributed by atoms with Gasteiger partial charge in [0.2, 0.25) is 5.56 Å². The standard InChI is InChI=1S/C26H26N4O5/c31-24-13-20(29-6-8-34-9-7-29)12-22(28-24)21-3-1-2-16-10-17-11-18(4-5-23(17)35-25(16)21)27-19-14-30(15-19)26(32)33/h1-5,11-13,19,27H,6-10,14-15H2,(H,28,31)(H,32,33). The number of likely N-dealkylation sites (tertiary alicyclic amines) is 1. The average molecular weight is 475 g/mol. The molecule has 0 bridgehead atoms. The second kappa shape index (κ2) is 8.66. The number of nitrogens with zero attached hydrogens (tertiary/aromatic N) is 2. The van der Waals surface area contributed by atoms with Crippen molar-refractivity contribution in [3.05, 3.63) is 70.0 Å². The van der Waals surface area contributed by atoms with E-state index >= 15 is 0 Å². The van der Waals surface area contributed by atoms with Gasteiger partial charge in [0.15, 0.2) is 0 Å². The predicted octanol–water partition coefficient (Wildman–Crippen LogP) is 3.35. The summed E-state index contributed by atoms with van der Waals surface area (Å²) in [4.78, 5) is 30.0. The van der Waals surface area contributed by atoms with E-state index in [2.05, 4.69) is 21.3 Å². The summed E-state index contributed by atoms with van der Waals surface area (Å²) in [7, 11) is 0. The number of aromatic nitrogens is 1. The number of hydrogen-bond donors (Lipinski definition) is 3. The number of nitrogens with one attached hydrogen (secondary N) is 2. The zero-order valence-corrected chi connectivity index (χ0v) is 19.1. The quantitative estimate of drug-likeness (QED) is 0.416. The van der Waals surface area contributed by atoms with Crippen LogP contribution in [-0.4, -0.2) is 66.5 Å². The Balaban J connectivity index is 1.26. The van der Waals surface area contributed by atoms with Crippen molar-refractivity contribution >= 4 is 17.5 Å². The molecule has 3 aliphatic rings. The Morgan fingerprint density at radius 1 is 1.06 bits per heavy atom. The number of fused-ring (bicyclic) bond motifs is 2. The van der Waals surface area contributed by atoms with Crippen LogP contribution < -0.4 is 20.5 Å². The molecule has 180 valence electrons. The summed E-state index contributed by atoms with van der Waals surface area (Å²) in [6, 6.07) is 15.7. The summed E-state index contributed by atoms with van der Waals surface area (Å²) in [6.07, 6.45) is -0.181. The molecule has 3 N–H and O–H groups in total. The number of hydrogen-bond acceptors (Lipinski definition) is 6. The van der Waals surface area contributed by atoms with Crippen molar-refractivity contribution < 1.29 is 19.4 Å². The highest BCUT2D eigenvalue weighted by Gasteiger charge is 2.30. The van der Waals surface area contributed by atoms with Gasteiger partial charge in [-0.3, -0.25) is 4.79 Å². The lowest BCUT2D eigenvalue weighted by Gasteiger charge is -2.38. The van der Waals surface area contributed by atoms with E-state index in [0.717, 1.165) is 58.3 Å². The van der Waals surface area contributed by atoms with Crippen LogP contribution in [0.25, 0.3) is 11.3 Å². The number of H-pyrrole nitrogens is 1. The van der Waals surface area contributed by atoms with Crippen LogP contribution in [0.4, 0.5) is 16.2 Å². The van der Waals surface area contributed by atoms with Crippen LogP contribution in [-0.2, 0) is 11.2 Å². The Hall–Kier alpha value is -3.98. The Bertz CT molecular complexity index is 1340. The number of carbonyl (C=O) groups is 1. The van der Waals surface area contributed by atoms with Gasteiger partial charge in [0, 0.05) is 61.2 Å². The highest BCUT2D eigenvalue weighted by Crippen LogP contribution is 2.43. The van der Waals surface area contributed by atoms with Crippen LogP contribution in [0.1, 0.15) is 11.1 Å². The molecule has 1 aromatic heterocycles. The van der Waals surface area contributed by atoms with Gasteiger partial charge in [-0.25, -0.2) is 4.79 Å². The molecular formula is C26H26N4O5. The third-order valence-corrected chi connectivity index (χ3v) is 6.77. The van der Waals surface area contributed by atoms with E-state index < -0.39 is 6.09 Å². The van der Waals surface area contributed by atoms with E-state index in [0.29, 0.717) is 32.7 Å². The smallest absolute Gasteiger partial charge is 0.407 e. The fourth-order valence-electron chi connectivity index (χ4n) is 4.92. The van der Waals surface area contributed by atoms with Crippen molar-refractivity contribution in [1.82, 2.24) is 9.88 Å². The molecule has 3 aliphatic heterocycles. The van der Waals surface area contributed by atoms with Gasteiger partial charge in [0.25, 0.3) is 0 Å². The number of ether oxygens (including phenoxy) is 2. The van der Waals surface area contributed by atoms with Crippen molar-refractivity contribution in [2.75, 3.05) is 49.6 Å². The predicted molar refractivity (Wildman–Crippen MR) is 132 cm³/mol. The molecule has 0 saturated carbocycles. The zero-order valence-electron chi connectivity index (χ0n) is 19.1. The molecule has 9 heteroatoms. The van der Waals surface area contributed by atoms with Gasteiger partial charge in [0.1, 0.15) is 11.5 Å². The number of aromatic amines is 1. The van der Waals surface area contributed by atoms with E-state index in [4.69, 9.17) is 14.6 Å². The fourth-order valence-corrected chi connectivity index (χ4v) is 4.92. The molecule has 35 heavy (non-hydrogen) atoms. The van der Waals surface area contributed by atoms with E-state index in [1.807, 2.05) is 36.4 Å². The maximum absolute atomic E-state index is 12.5. The molecule has 2 saturated heterocycles. The first-order chi connectivity index (χ1) is 17.0. The normalized spacial score (nSPS) is 17.1. The molecule has 6 rings (SSSR count). The number of rotatable bonds is 4. The topological polar surface area (TPSA) is 107 Å². The Morgan fingerprint density at radius 2 is 1.89 bits per heavy atom. The summed E-state index contributed by atoms with van der Waals surface area (Å²) in [5.74, 6) is 1.54. The molecule has 0 atom stereocenters. The van der Waals surface area contributed by atoms with Crippen LogP contribution in [0.5, 0.6) is 11.5 Å². The largest absolute Gasteiger partial charge is 0.465 e. The Kier molecular flexibility index (Phi) is 5.33. The van der Waals surface area contributed by atoms with Crippen LogP contribution >= 0.6 is 0 Å². The monoisotopic (exact) mass is 474 g/mol. The molecule has 0 unspecified atom stereocenters. The van der Waals surface area contributed by atoms with Gasteiger partial charge < -0.3 is 34.7 Å². The molecule has 1 amide bonds. The summed E-state index contributed by atoms with van der Waals surface area (Å²) >= 11 is 0. The van der Waals surface area contributed by atoms with Crippen molar-refractivity contribution in [3.63, 3.8) is 0 Å².